The molecule has 1 aliphatic heterocycles. The largest absolute Gasteiger partial charge is 0.385 e. The number of nitrogens with one attached hydrogen (secondary N) is 2. The number of hydrogen-bond acceptors (Lipinski definition) is 5. The summed E-state index contributed by atoms with van der Waals surface area (Å²) in [6, 6.07) is 3.51. The molecule has 3 fully saturated rings. The molecule has 2 aliphatic carbocycles. The monoisotopic (exact) mass is 411 g/mol. The van der Waals surface area contributed by atoms with E-state index in [-0.39, 0.29) is 23.1 Å². The van der Waals surface area contributed by atoms with E-state index < -0.39 is 15.6 Å². The number of fused-ring (bicyclic) bond motifs is 2. The van der Waals surface area contributed by atoms with Crippen LogP contribution in [0.2, 0.25) is 5.02 Å². The summed E-state index contributed by atoms with van der Waals surface area (Å²) < 4.78 is 33.4. The highest BCUT2D eigenvalue weighted by Crippen LogP contribution is 2.60. The van der Waals surface area contributed by atoms with Crippen LogP contribution in [-0.4, -0.2) is 48.2 Å². The second-order valence-electron chi connectivity index (χ2n) is 8.05. The van der Waals surface area contributed by atoms with Crippen molar-refractivity contribution in [3.8, 4) is 0 Å². The third kappa shape index (κ3) is 2.98. The molecule has 0 unspecified atom stereocenters. The maximum atomic E-state index is 12.6. The third-order valence-electron chi connectivity index (χ3n) is 6.41. The Bertz CT molecular complexity index is 974. The van der Waals surface area contributed by atoms with Crippen molar-refractivity contribution in [3.63, 3.8) is 0 Å². The lowest BCUT2D eigenvalue weighted by Crippen LogP contribution is -2.41. The van der Waals surface area contributed by atoms with E-state index in [0.717, 1.165) is 16.5 Å². The molecule has 7 nitrogen and oxygen atoms in total. The van der Waals surface area contributed by atoms with E-state index in [4.69, 9.17) is 16.3 Å². The van der Waals surface area contributed by atoms with Gasteiger partial charge in [-0.1, -0.05) is 11.6 Å². The molecule has 0 radical (unpaired) electrons. The van der Waals surface area contributed by atoms with Crippen molar-refractivity contribution in [2.24, 2.45) is 11.8 Å². The predicted molar refractivity (Wildman–Crippen MR) is 101 cm³/mol. The topological polar surface area (TPSA) is 104 Å². The van der Waals surface area contributed by atoms with E-state index in [9.17, 15) is 13.5 Å². The van der Waals surface area contributed by atoms with Crippen molar-refractivity contribution in [3.05, 3.63) is 28.9 Å². The summed E-state index contributed by atoms with van der Waals surface area (Å²) in [4.78, 5) is 0. The summed E-state index contributed by atoms with van der Waals surface area (Å²) in [6.07, 6.45) is 3.84. The summed E-state index contributed by atoms with van der Waals surface area (Å²) in [7, 11) is -3.34. The van der Waals surface area contributed by atoms with E-state index in [2.05, 4.69) is 14.9 Å². The van der Waals surface area contributed by atoms with Crippen LogP contribution in [-0.2, 0) is 20.4 Å². The van der Waals surface area contributed by atoms with Crippen molar-refractivity contribution in [1.29, 1.82) is 0 Å². The van der Waals surface area contributed by atoms with Crippen LogP contribution >= 0.6 is 11.6 Å². The Hall–Kier alpha value is -1.19. The summed E-state index contributed by atoms with van der Waals surface area (Å²) in [5.74, 6) is 0.316. The van der Waals surface area contributed by atoms with E-state index in [1.165, 1.54) is 0 Å². The molecule has 0 bridgehead atoms. The first-order chi connectivity index (χ1) is 12.9. The SMILES string of the molecule is O=S(=O)(N[C@@H]1[C@@H]2C[C@@](O)(c3cc(Cl)cc4[nH]ncc34)C[C@@H]21)C1CCOCC1. The van der Waals surface area contributed by atoms with Crippen molar-refractivity contribution >= 4 is 32.5 Å². The first-order valence-corrected chi connectivity index (χ1v) is 11.2. The maximum absolute atomic E-state index is 12.6. The summed E-state index contributed by atoms with van der Waals surface area (Å²) in [5, 5.41) is 19.3. The van der Waals surface area contributed by atoms with Crippen molar-refractivity contribution < 1.29 is 18.3 Å². The molecular formula is C18H22ClN3O4S. The third-order valence-corrected chi connectivity index (χ3v) is 8.58. The van der Waals surface area contributed by atoms with Crippen LogP contribution in [0.5, 0.6) is 0 Å². The van der Waals surface area contributed by atoms with Gasteiger partial charge in [0, 0.05) is 29.7 Å². The Balaban J connectivity index is 1.32. The lowest BCUT2D eigenvalue weighted by Gasteiger charge is -2.28. The number of benzene rings is 1. The zero-order valence-corrected chi connectivity index (χ0v) is 16.3. The Morgan fingerprint density at radius 3 is 2.67 bits per heavy atom. The van der Waals surface area contributed by atoms with Crippen LogP contribution < -0.4 is 4.72 Å². The van der Waals surface area contributed by atoms with Gasteiger partial charge in [-0.2, -0.15) is 5.10 Å². The van der Waals surface area contributed by atoms with E-state index in [1.54, 1.807) is 18.3 Å². The van der Waals surface area contributed by atoms with Gasteiger partial charge < -0.3 is 9.84 Å². The fourth-order valence-corrected chi connectivity index (χ4v) is 6.89. The average molecular weight is 412 g/mol. The molecule has 2 saturated carbocycles. The lowest BCUT2D eigenvalue weighted by molar-refractivity contribution is 0.0303. The number of ether oxygens (including phenoxy) is 1. The van der Waals surface area contributed by atoms with Gasteiger partial charge in [0.2, 0.25) is 10.0 Å². The fraction of sp³-hybridized carbons (Fsp3) is 0.611. The Labute approximate surface area is 162 Å². The first kappa shape index (κ1) is 17.9. The zero-order chi connectivity index (χ0) is 18.8. The van der Waals surface area contributed by atoms with E-state index in [0.29, 0.717) is 43.9 Å². The molecular weight excluding hydrogens is 390 g/mol. The molecule has 4 atom stereocenters. The Morgan fingerprint density at radius 2 is 1.96 bits per heavy atom. The van der Waals surface area contributed by atoms with E-state index >= 15 is 0 Å². The molecule has 3 aliphatic rings. The number of sulfonamides is 1. The molecule has 0 amide bonds. The summed E-state index contributed by atoms with van der Waals surface area (Å²) in [5.41, 5.74) is 0.573. The number of nitrogens with zero attached hydrogens (tertiary/aromatic N) is 1. The molecule has 146 valence electrons. The van der Waals surface area contributed by atoms with Crippen LogP contribution in [0.25, 0.3) is 10.9 Å². The lowest BCUT2D eigenvalue weighted by atomic mass is 9.86. The van der Waals surface area contributed by atoms with Crippen molar-refractivity contribution in [1.82, 2.24) is 14.9 Å². The zero-order valence-electron chi connectivity index (χ0n) is 14.7. The minimum Gasteiger partial charge on any atom is -0.385 e. The minimum atomic E-state index is -3.34. The number of aromatic amines is 1. The van der Waals surface area contributed by atoms with Crippen LogP contribution in [0.15, 0.2) is 18.3 Å². The van der Waals surface area contributed by atoms with Gasteiger partial charge in [0.15, 0.2) is 0 Å². The van der Waals surface area contributed by atoms with E-state index in [1.807, 2.05) is 0 Å². The number of halogens is 1. The molecule has 2 aromatic rings. The van der Waals surface area contributed by atoms with Crippen LogP contribution in [0.1, 0.15) is 31.2 Å². The number of aliphatic hydroxyl groups is 1. The van der Waals surface area contributed by atoms with Gasteiger partial charge in [-0.05, 0) is 55.2 Å². The molecule has 3 N–H and O–H groups in total. The van der Waals surface area contributed by atoms with Gasteiger partial charge >= 0.3 is 0 Å². The number of H-pyrrole nitrogens is 1. The highest BCUT2D eigenvalue weighted by molar-refractivity contribution is 7.90. The Morgan fingerprint density at radius 1 is 1.26 bits per heavy atom. The maximum Gasteiger partial charge on any atom is 0.214 e. The van der Waals surface area contributed by atoms with Crippen molar-refractivity contribution in [2.45, 2.75) is 42.6 Å². The molecule has 1 saturated heterocycles. The highest BCUT2D eigenvalue weighted by atomic mass is 35.5. The van der Waals surface area contributed by atoms with Crippen LogP contribution in [0.4, 0.5) is 0 Å². The number of aromatic nitrogens is 2. The van der Waals surface area contributed by atoms with Crippen LogP contribution in [0, 0.1) is 11.8 Å². The first-order valence-electron chi connectivity index (χ1n) is 9.32. The molecule has 1 aromatic carbocycles. The van der Waals surface area contributed by atoms with Gasteiger partial charge in [0.25, 0.3) is 0 Å². The number of hydrogen-bond donors (Lipinski definition) is 3. The fourth-order valence-electron chi connectivity index (χ4n) is 4.93. The molecule has 9 heteroatoms. The molecule has 1 aromatic heterocycles. The average Bonchev–Trinajstić information content (AvgIpc) is 3.02. The Kier molecular flexibility index (Phi) is 4.07. The normalized spacial score (nSPS) is 34.1. The van der Waals surface area contributed by atoms with Gasteiger partial charge in [-0.25, -0.2) is 13.1 Å². The predicted octanol–water partition coefficient (Wildman–Crippen LogP) is 1.91. The van der Waals surface area contributed by atoms with Gasteiger partial charge in [0.1, 0.15) is 0 Å². The standard InChI is InChI=1S/C18H22ClN3O4S/c19-10-5-15(14-9-20-21-16(14)6-10)18(23)7-12-13(8-18)17(12)22-27(24,25)11-1-3-26-4-2-11/h5-6,9,11-13,17,22-23H,1-4,7-8H2,(H,20,21)/t12-,13+,17-,18+. The van der Waals surface area contributed by atoms with Crippen LogP contribution in [0.3, 0.4) is 0 Å². The summed E-state index contributed by atoms with van der Waals surface area (Å²) >= 11 is 6.21. The van der Waals surface area contributed by atoms with Crippen molar-refractivity contribution in [2.75, 3.05) is 13.2 Å². The molecule has 27 heavy (non-hydrogen) atoms. The second-order valence-corrected chi connectivity index (χ2v) is 10.5. The minimum absolute atomic E-state index is 0.0721. The summed E-state index contributed by atoms with van der Waals surface area (Å²) in [6.45, 7) is 0.997. The molecule has 2 heterocycles. The second kappa shape index (κ2) is 6.15. The van der Waals surface area contributed by atoms with Gasteiger partial charge in [-0.15, -0.1) is 0 Å². The molecule has 0 spiro atoms. The smallest absolute Gasteiger partial charge is 0.214 e. The highest BCUT2D eigenvalue weighted by Gasteiger charge is 2.63. The molecule has 5 rings (SSSR count). The van der Waals surface area contributed by atoms with Gasteiger partial charge in [-0.3, -0.25) is 5.10 Å². The van der Waals surface area contributed by atoms with Gasteiger partial charge in [0.05, 0.1) is 22.6 Å². The number of rotatable bonds is 4. The quantitative estimate of drug-likeness (QED) is 0.712.